The first-order valence-electron chi connectivity index (χ1n) is 10.1. The molecule has 0 amide bonds. The fourth-order valence-corrected chi connectivity index (χ4v) is 3.31. The molecule has 0 saturated heterocycles. The highest BCUT2D eigenvalue weighted by atomic mass is 19.1. The summed E-state index contributed by atoms with van der Waals surface area (Å²) in [5.41, 5.74) is 1.52. The van der Waals surface area contributed by atoms with E-state index in [4.69, 9.17) is 0 Å². The van der Waals surface area contributed by atoms with E-state index >= 15 is 0 Å². The van der Waals surface area contributed by atoms with Crippen molar-refractivity contribution >= 4 is 11.5 Å². The number of nitrogens with zero attached hydrogens (tertiary/aromatic N) is 3. The SMILES string of the molecule is CC(C)CCc1nc(N[C@H](C)c2ccccc2)nc(C2=C(F)C(O)CCC2)n1. The minimum atomic E-state index is -1.06. The normalized spacial score (nSPS) is 18.4. The summed E-state index contributed by atoms with van der Waals surface area (Å²) in [6.07, 6.45) is 2.29. The number of halogens is 1. The molecule has 0 saturated carbocycles. The molecule has 0 spiro atoms. The van der Waals surface area contributed by atoms with Crippen LogP contribution < -0.4 is 5.32 Å². The van der Waals surface area contributed by atoms with Gasteiger partial charge < -0.3 is 10.4 Å². The van der Waals surface area contributed by atoms with Gasteiger partial charge in [-0.1, -0.05) is 44.2 Å². The lowest BCUT2D eigenvalue weighted by molar-refractivity contribution is 0.165. The first-order valence-corrected chi connectivity index (χ1v) is 10.1. The Morgan fingerprint density at radius 1 is 1.14 bits per heavy atom. The van der Waals surface area contributed by atoms with Gasteiger partial charge in [0.2, 0.25) is 5.95 Å². The van der Waals surface area contributed by atoms with E-state index in [1.165, 1.54) is 0 Å². The summed E-state index contributed by atoms with van der Waals surface area (Å²) in [4.78, 5) is 13.6. The Bertz CT molecular complexity index is 823. The van der Waals surface area contributed by atoms with Crippen LogP contribution >= 0.6 is 0 Å². The van der Waals surface area contributed by atoms with Gasteiger partial charge in [-0.15, -0.1) is 0 Å². The highest BCUT2D eigenvalue weighted by Crippen LogP contribution is 2.32. The molecule has 28 heavy (non-hydrogen) atoms. The number of aliphatic hydroxyl groups is 1. The van der Waals surface area contributed by atoms with Gasteiger partial charge in [0.05, 0.1) is 6.04 Å². The minimum Gasteiger partial charge on any atom is -0.386 e. The van der Waals surface area contributed by atoms with E-state index in [1.807, 2.05) is 37.3 Å². The number of nitrogens with one attached hydrogen (secondary N) is 1. The summed E-state index contributed by atoms with van der Waals surface area (Å²) in [6, 6.07) is 10.0. The van der Waals surface area contributed by atoms with Gasteiger partial charge in [-0.05, 0) is 44.1 Å². The predicted octanol–water partition coefficient (Wildman–Crippen LogP) is 4.86. The molecule has 2 N–H and O–H groups in total. The molecule has 0 fully saturated rings. The number of hydrogen-bond acceptors (Lipinski definition) is 5. The molecule has 6 heteroatoms. The lowest BCUT2D eigenvalue weighted by Crippen LogP contribution is -2.17. The molecule has 1 heterocycles. The maximum atomic E-state index is 14.5. The molecule has 5 nitrogen and oxygen atoms in total. The molecule has 1 unspecified atom stereocenters. The predicted molar refractivity (Wildman–Crippen MR) is 109 cm³/mol. The van der Waals surface area contributed by atoms with E-state index in [0.29, 0.717) is 48.4 Å². The van der Waals surface area contributed by atoms with Gasteiger partial charge in [0, 0.05) is 12.0 Å². The maximum absolute atomic E-state index is 14.5. The van der Waals surface area contributed by atoms with E-state index < -0.39 is 11.9 Å². The van der Waals surface area contributed by atoms with E-state index in [-0.39, 0.29) is 6.04 Å². The van der Waals surface area contributed by atoms with Crippen molar-refractivity contribution in [2.24, 2.45) is 5.92 Å². The van der Waals surface area contributed by atoms with Crippen LogP contribution in [0.1, 0.15) is 69.7 Å². The van der Waals surface area contributed by atoms with Crippen molar-refractivity contribution in [1.82, 2.24) is 15.0 Å². The molecule has 150 valence electrons. The number of aliphatic hydroxyl groups excluding tert-OH is 1. The highest BCUT2D eigenvalue weighted by Gasteiger charge is 2.25. The Kier molecular flexibility index (Phi) is 6.73. The summed E-state index contributed by atoms with van der Waals surface area (Å²) in [5.74, 6) is 1.46. The van der Waals surface area contributed by atoms with Crippen LogP contribution in [0.25, 0.3) is 5.57 Å². The van der Waals surface area contributed by atoms with Gasteiger partial charge in [-0.2, -0.15) is 9.97 Å². The molecule has 1 aliphatic carbocycles. The zero-order valence-electron chi connectivity index (χ0n) is 16.8. The van der Waals surface area contributed by atoms with E-state index in [1.54, 1.807) is 0 Å². The molecule has 1 aromatic carbocycles. The smallest absolute Gasteiger partial charge is 0.226 e. The molecule has 0 aliphatic heterocycles. The van der Waals surface area contributed by atoms with Crippen molar-refractivity contribution < 1.29 is 9.50 Å². The zero-order chi connectivity index (χ0) is 20.1. The topological polar surface area (TPSA) is 70.9 Å². The third-order valence-electron chi connectivity index (χ3n) is 5.03. The molecular weight excluding hydrogens is 355 g/mol. The molecule has 3 rings (SSSR count). The van der Waals surface area contributed by atoms with Crippen LogP contribution in [0.15, 0.2) is 36.2 Å². The summed E-state index contributed by atoms with van der Waals surface area (Å²) >= 11 is 0. The number of hydrogen-bond donors (Lipinski definition) is 2. The van der Waals surface area contributed by atoms with E-state index in [2.05, 4.69) is 34.1 Å². The number of rotatable bonds is 7. The zero-order valence-corrected chi connectivity index (χ0v) is 16.8. The molecule has 1 aliphatic rings. The van der Waals surface area contributed by atoms with Crippen LogP contribution in [0, 0.1) is 5.92 Å². The van der Waals surface area contributed by atoms with Crippen LogP contribution in [0.4, 0.5) is 10.3 Å². The first-order chi connectivity index (χ1) is 13.4. The van der Waals surface area contributed by atoms with Gasteiger partial charge in [0.15, 0.2) is 5.82 Å². The molecule has 0 bridgehead atoms. The van der Waals surface area contributed by atoms with Crippen LogP contribution in [-0.2, 0) is 6.42 Å². The maximum Gasteiger partial charge on any atom is 0.226 e. The monoisotopic (exact) mass is 384 g/mol. The number of anilines is 1. The van der Waals surface area contributed by atoms with Crippen molar-refractivity contribution in [2.75, 3.05) is 5.32 Å². The summed E-state index contributed by atoms with van der Waals surface area (Å²) in [6.45, 7) is 6.34. The lowest BCUT2D eigenvalue weighted by Gasteiger charge is -2.20. The van der Waals surface area contributed by atoms with Crippen molar-refractivity contribution in [3.8, 4) is 0 Å². The van der Waals surface area contributed by atoms with E-state index in [9.17, 15) is 9.50 Å². The molecule has 2 aromatic rings. The van der Waals surface area contributed by atoms with Crippen molar-refractivity contribution in [3.05, 3.63) is 53.4 Å². The van der Waals surface area contributed by atoms with Crippen molar-refractivity contribution in [2.45, 2.75) is 65.0 Å². The third kappa shape index (κ3) is 5.13. The van der Waals surface area contributed by atoms with E-state index in [0.717, 1.165) is 18.4 Å². The Hall–Kier alpha value is -2.34. The molecular formula is C22H29FN4O. The van der Waals surface area contributed by atoms with Gasteiger partial charge in [0.25, 0.3) is 0 Å². The second-order valence-electron chi connectivity index (χ2n) is 7.84. The van der Waals surface area contributed by atoms with Gasteiger partial charge in [-0.25, -0.2) is 9.37 Å². The molecule has 1 aromatic heterocycles. The second-order valence-corrected chi connectivity index (χ2v) is 7.84. The van der Waals surface area contributed by atoms with Crippen LogP contribution in [0.2, 0.25) is 0 Å². The largest absolute Gasteiger partial charge is 0.386 e. The minimum absolute atomic E-state index is 0.00479. The first kappa shape index (κ1) is 20.4. The van der Waals surface area contributed by atoms with Crippen LogP contribution in [-0.4, -0.2) is 26.2 Å². The highest BCUT2D eigenvalue weighted by molar-refractivity contribution is 5.64. The number of aryl methyl sites for hydroxylation is 1. The van der Waals surface area contributed by atoms with Crippen molar-refractivity contribution in [1.29, 1.82) is 0 Å². The summed E-state index contributed by atoms with van der Waals surface area (Å²) in [5, 5.41) is 13.2. The van der Waals surface area contributed by atoms with Gasteiger partial charge in [0.1, 0.15) is 17.8 Å². The second kappa shape index (κ2) is 9.24. The fourth-order valence-electron chi connectivity index (χ4n) is 3.31. The number of allylic oxidation sites excluding steroid dienone is 1. The summed E-state index contributed by atoms with van der Waals surface area (Å²) in [7, 11) is 0. The van der Waals surface area contributed by atoms with Gasteiger partial charge >= 0.3 is 0 Å². The summed E-state index contributed by atoms with van der Waals surface area (Å²) < 4.78 is 14.5. The van der Waals surface area contributed by atoms with Gasteiger partial charge in [-0.3, -0.25) is 0 Å². The Morgan fingerprint density at radius 2 is 1.89 bits per heavy atom. The Labute approximate surface area is 166 Å². The molecule has 2 atom stereocenters. The average Bonchev–Trinajstić information content (AvgIpc) is 2.69. The molecule has 0 radical (unpaired) electrons. The standard InChI is InChI=1S/C22H29FN4O/c1-14(2)12-13-19-25-21(17-10-7-11-18(28)20(17)23)27-22(26-19)24-15(3)16-8-5-4-6-9-16/h4-6,8-9,14-15,18,28H,7,10-13H2,1-3H3,(H,24,25,26,27)/t15-,18?/m1/s1. The lowest BCUT2D eigenvalue weighted by atomic mass is 9.95. The number of benzene rings is 1. The third-order valence-corrected chi connectivity index (χ3v) is 5.03. The Balaban J connectivity index is 1.92. The quantitative estimate of drug-likeness (QED) is 0.713. The average molecular weight is 384 g/mol. The van der Waals surface area contributed by atoms with Crippen LogP contribution in [0.5, 0.6) is 0 Å². The fraction of sp³-hybridized carbons (Fsp3) is 0.500. The number of aromatic nitrogens is 3. The van der Waals surface area contributed by atoms with Crippen LogP contribution in [0.3, 0.4) is 0 Å². The van der Waals surface area contributed by atoms with Crippen molar-refractivity contribution in [3.63, 3.8) is 0 Å². The Morgan fingerprint density at radius 3 is 2.61 bits per heavy atom.